The Balaban J connectivity index is 1.79. The summed E-state index contributed by atoms with van der Waals surface area (Å²) in [5, 5.41) is 3.52. The predicted molar refractivity (Wildman–Crippen MR) is 54.2 cm³/mol. The highest BCUT2D eigenvalue weighted by molar-refractivity contribution is 5.70. The highest BCUT2D eigenvalue weighted by atomic mass is 15.0. The summed E-state index contributed by atoms with van der Waals surface area (Å²) in [6.07, 6.45) is 7.70. The Kier molecular flexibility index (Phi) is 1.44. The zero-order valence-corrected chi connectivity index (χ0v) is 8.34. The van der Waals surface area contributed by atoms with Gasteiger partial charge in [0.15, 0.2) is 0 Å². The van der Waals surface area contributed by atoms with Gasteiger partial charge in [0.05, 0.1) is 0 Å². The van der Waals surface area contributed by atoms with Crippen molar-refractivity contribution in [2.75, 3.05) is 13.1 Å². The second kappa shape index (κ2) is 2.35. The largest absolute Gasteiger partial charge is 0.315 e. The molecule has 0 amide bonds. The summed E-state index contributed by atoms with van der Waals surface area (Å²) in [4.78, 5) is 4.67. The molecule has 3 rings (SSSR count). The molecule has 1 saturated heterocycles. The Morgan fingerprint density at radius 3 is 2.69 bits per heavy atom. The van der Waals surface area contributed by atoms with Crippen LogP contribution in [0.5, 0.6) is 0 Å². The third kappa shape index (κ3) is 1.01. The minimum atomic E-state index is 0.440. The van der Waals surface area contributed by atoms with Gasteiger partial charge in [0.25, 0.3) is 0 Å². The summed E-state index contributed by atoms with van der Waals surface area (Å²) in [6.45, 7) is 4.78. The molecule has 3 aliphatic rings. The fourth-order valence-corrected chi connectivity index (χ4v) is 2.74. The Morgan fingerprint density at radius 2 is 2.15 bits per heavy atom. The van der Waals surface area contributed by atoms with E-state index in [0.29, 0.717) is 16.9 Å². The third-order valence-corrected chi connectivity index (χ3v) is 4.36. The molecule has 2 atom stereocenters. The lowest BCUT2D eigenvalue weighted by Crippen LogP contribution is -2.49. The molecule has 2 saturated carbocycles. The molecular weight excluding hydrogens is 160 g/mol. The van der Waals surface area contributed by atoms with Crippen LogP contribution in [0.4, 0.5) is 0 Å². The van der Waals surface area contributed by atoms with Gasteiger partial charge in [0.1, 0.15) is 0 Å². The SMILES string of the molecule is CC12CCC1(C=NC1CC1)CNC2. The molecule has 0 aromatic rings. The van der Waals surface area contributed by atoms with E-state index in [1.807, 2.05) is 0 Å². The van der Waals surface area contributed by atoms with Crippen molar-refractivity contribution in [3.8, 4) is 0 Å². The minimum Gasteiger partial charge on any atom is -0.315 e. The molecular formula is C11H18N2. The lowest BCUT2D eigenvalue weighted by Gasteiger charge is -2.50. The van der Waals surface area contributed by atoms with E-state index < -0.39 is 0 Å². The van der Waals surface area contributed by atoms with Crippen LogP contribution in [-0.4, -0.2) is 25.3 Å². The number of aliphatic imine (C=N–C) groups is 1. The van der Waals surface area contributed by atoms with Gasteiger partial charge in [-0.15, -0.1) is 0 Å². The van der Waals surface area contributed by atoms with Gasteiger partial charge in [-0.2, -0.15) is 0 Å². The summed E-state index contributed by atoms with van der Waals surface area (Å²) in [5.41, 5.74) is 0.973. The van der Waals surface area contributed by atoms with Crippen molar-refractivity contribution in [2.45, 2.75) is 38.6 Å². The maximum Gasteiger partial charge on any atom is 0.0497 e. The molecule has 1 heterocycles. The standard InChI is InChI=1S/C11H18N2/c1-10-4-5-11(10,7-12-6-10)8-13-9-2-3-9/h8-9,12H,2-7H2,1H3. The van der Waals surface area contributed by atoms with Crippen LogP contribution in [0, 0.1) is 10.8 Å². The Labute approximate surface area is 79.8 Å². The number of rotatable bonds is 2. The maximum atomic E-state index is 4.67. The Hall–Kier alpha value is -0.370. The first kappa shape index (κ1) is 7.98. The summed E-state index contributed by atoms with van der Waals surface area (Å²) >= 11 is 0. The topological polar surface area (TPSA) is 24.4 Å². The monoisotopic (exact) mass is 178 g/mol. The van der Waals surface area contributed by atoms with E-state index in [2.05, 4.69) is 23.4 Å². The first-order chi connectivity index (χ1) is 6.24. The highest BCUT2D eigenvalue weighted by Crippen LogP contribution is 2.57. The highest BCUT2D eigenvalue weighted by Gasteiger charge is 2.57. The van der Waals surface area contributed by atoms with Crippen LogP contribution in [0.3, 0.4) is 0 Å². The van der Waals surface area contributed by atoms with Crippen LogP contribution < -0.4 is 5.32 Å². The Morgan fingerprint density at radius 1 is 1.31 bits per heavy atom. The molecule has 2 heteroatoms. The van der Waals surface area contributed by atoms with Crippen molar-refractivity contribution < 1.29 is 0 Å². The second-order valence-electron chi connectivity index (χ2n) is 5.33. The van der Waals surface area contributed by atoms with E-state index in [9.17, 15) is 0 Å². The van der Waals surface area contributed by atoms with Gasteiger partial charge in [0, 0.05) is 30.8 Å². The number of nitrogens with one attached hydrogen (secondary N) is 1. The molecule has 0 spiro atoms. The van der Waals surface area contributed by atoms with Gasteiger partial charge < -0.3 is 5.32 Å². The van der Waals surface area contributed by atoms with Gasteiger partial charge in [-0.05, 0) is 31.1 Å². The molecule has 0 bridgehead atoms. The molecule has 1 aliphatic heterocycles. The molecule has 0 aromatic heterocycles. The van der Waals surface area contributed by atoms with Gasteiger partial charge in [-0.1, -0.05) is 6.92 Å². The van der Waals surface area contributed by atoms with Crippen LogP contribution in [0.15, 0.2) is 4.99 Å². The van der Waals surface area contributed by atoms with Crippen molar-refractivity contribution in [3.63, 3.8) is 0 Å². The summed E-state index contributed by atoms with van der Waals surface area (Å²) in [5.74, 6) is 0. The lowest BCUT2D eigenvalue weighted by atomic mass is 9.53. The number of nitrogens with zero attached hydrogens (tertiary/aromatic N) is 1. The molecule has 0 aromatic carbocycles. The molecule has 3 fully saturated rings. The van der Waals surface area contributed by atoms with Gasteiger partial charge in [0.2, 0.25) is 0 Å². The van der Waals surface area contributed by atoms with Crippen molar-refractivity contribution >= 4 is 6.21 Å². The first-order valence-corrected chi connectivity index (χ1v) is 5.49. The van der Waals surface area contributed by atoms with E-state index in [1.165, 1.54) is 38.8 Å². The fraction of sp³-hybridized carbons (Fsp3) is 0.909. The second-order valence-corrected chi connectivity index (χ2v) is 5.33. The molecule has 2 aliphatic carbocycles. The van der Waals surface area contributed by atoms with Crippen molar-refractivity contribution in [2.24, 2.45) is 15.8 Å². The van der Waals surface area contributed by atoms with E-state index in [1.54, 1.807) is 0 Å². The Bertz CT molecular complexity index is 257. The zero-order valence-electron chi connectivity index (χ0n) is 8.34. The first-order valence-electron chi connectivity index (χ1n) is 5.49. The normalized spacial score (nSPS) is 49.3. The summed E-state index contributed by atoms with van der Waals surface area (Å²) in [7, 11) is 0. The molecule has 13 heavy (non-hydrogen) atoms. The van der Waals surface area contributed by atoms with Gasteiger partial charge in [-0.25, -0.2) is 0 Å². The predicted octanol–water partition coefficient (Wildman–Crippen LogP) is 1.61. The lowest BCUT2D eigenvalue weighted by molar-refractivity contribution is 0.0574. The average molecular weight is 178 g/mol. The number of fused-ring (bicyclic) bond motifs is 1. The number of hydrogen-bond acceptors (Lipinski definition) is 2. The summed E-state index contributed by atoms with van der Waals surface area (Å²) < 4.78 is 0. The van der Waals surface area contributed by atoms with Crippen LogP contribution >= 0.6 is 0 Å². The zero-order chi connectivity index (χ0) is 8.94. The fourth-order valence-electron chi connectivity index (χ4n) is 2.74. The van der Waals surface area contributed by atoms with E-state index in [-0.39, 0.29) is 0 Å². The quantitative estimate of drug-likeness (QED) is 0.638. The van der Waals surface area contributed by atoms with Gasteiger partial charge in [-0.3, -0.25) is 4.99 Å². The van der Waals surface area contributed by atoms with Crippen LogP contribution in [-0.2, 0) is 0 Å². The maximum absolute atomic E-state index is 4.67. The number of hydrogen-bond donors (Lipinski definition) is 1. The average Bonchev–Trinajstić information content (AvgIpc) is 2.88. The molecule has 2 unspecified atom stereocenters. The molecule has 1 N–H and O–H groups in total. The molecule has 2 nitrogen and oxygen atoms in total. The van der Waals surface area contributed by atoms with E-state index >= 15 is 0 Å². The summed E-state index contributed by atoms with van der Waals surface area (Å²) in [6, 6.07) is 0.694. The van der Waals surface area contributed by atoms with E-state index in [4.69, 9.17) is 0 Å². The van der Waals surface area contributed by atoms with Crippen molar-refractivity contribution in [3.05, 3.63) is 0 Å². The van der Waals surface area contributed by atoms with Gasteiger partial charge >= 0.3 is 0 Å². The van der Waals surface area contributed by atoms with Crippen molar-refractivity contribution in [1.29, 1.82) is 0 Å². The van der Waals surface area contributed by atoms with Crippen LogP contribution in [0.2, 0.25) is 0 Å². The third-order valence-electron chi connectivity index (χ3n) is 4.36. The molecule has 0 radical (unpaired) electrons. The van der Waals surface area contributed by atoms with E-state index in [0.717, 1.165) is 0 Å². The minimum absolute atomic E-state index is 0.440. The smallest absolute Gasteiger partial charge is 0.0497 e. The van der Waals surface area contributed by atoms with Crippen LogP contribution in [0.25, 0.3) is 0 Å². The van der Waals surface area contributed by atoms with Crippen LogP contribution in [0.1, 0.15) is 32.6 Å². The van der Waals surface area contributed by atoms with Crippen molar-refractivity contribution in [1.82, 2.24) is 5.32 Å². The molecule has 72 valence electrons.